The Hall–Kier alpha value is -3.64. The first kappa shape index (κ1) is 26.9. The number of rotatable bonds is 7. The Morgan fingerprint density at radius 1 is 0.923 bits per heavy atom. The normalized spacial score (nSPS) is 21.6. The molecule has 2 aromatic rings. The lowest BCUT2D eigenvalue weighted by molar-refractivity contribution is 0.619. The molecule has 0 saturated heterocycles. The van der Waals surface area contributed by atoms with Crippen LogP contribution in [-0.2, 0) is 0 Å². The SMILES string of the molecule is C=C(CCC)C1=C(C)C=C2C/C(=C\C3=CC=C(c4ccc(C)cc4C(=C)C)C3)C(=C)C2C1c1ccc(C)cc1. The third kappa shape index (κ3) is 5.18. The van der Waals surface area contributed by atoms with Gasteiger partial charge in [-0.1, -0.05) is 128 Å². The lowest BCUT2D eigenvalue weighted by atomic mass is 9.69. The molecule has 0 aliphatic heterocycles. The predicted molar refractivity (Wildman–Crippen MR) is 171 cm³/mol. The molecule has 2 atom stereocenters. The first-order valence-corrected chi connectivity index (χ1v) is 14.4. The fourth-order valence-electron chi connectivity index (χ4n) is 6.75. The molecule has 0 nitrogen and oxygen atoms in total. The Morgan fingerprint density at radius 2 is 1.64 bits per heavy atom. The van der Waals surface area contributed by atoms with Gasteiger partial charge < -0.3 is 0 Å². The Balaban J connectivity index is 1.45. The standard InChI is InChI=1S/C39H42/c1-9-10-27(6)37-28(7)20-34-23-33(29(8)38(34)39(37)31-15-11-25(4)12-16-31)22-30-14-17-32(21-30)35-18-13-26(5)19-36(35)24(2)3/h11-20,22,38-39H,2,6,8-10,21,23H2,1,3-5,7H3/b33-22+. The van der Waals surface area contributed by atoms with Gasteiger partial charge >= 0.3 is 0 Å². The quantitative estimate of drug-likeness (QED) is 0.347. The van der Waals surface area contributed by atoms with E-state index in [4.69, 9.17) is 6.58 Å². The predicted octanol–water partition coefficient (Wildman–Crippen LogP) is 10.9. The Labute approximate surface area is 236 Å². The maximum Gasteiger partial charge on any atom is 0.0201 e. The minimum absolute atomic E-state index is 0.278. The van der Waals surface area contributed by atoms with Crippen LogP contribution in [0.3, 0.4) is 0 Å². The van der Waals surface area contributed by atoms with Crippen molar-refractivity contribution in [1.29, 1.82) is 0 Å². The van der Waals surface area contributed by atoms with Gasteiger partial charge in [0.05, 0.1) is 0 Å². The first-order valence-electron chi connectivity index (χ1n) is 14.4. The minimum Gasteiger partial charge on any atom is -0.0955 e. The zero-order chi connectivity index (χ0) is 27.8. The summed E-state index contributed by atoms with van der Waals surface area (Å²) >= 11 is 0. The van der Waals surface area contributed by atoms with Crippen LogP contribution in [0.15, 0.2) is 126 Å². The number of allylic oxidation sites excluding steroid dienone is 13. The number of benzene rings is 2. The summed E-state index contributed by atoms with van der Waals surface area (Å²) in [5.41, 5.74) is 18.6. The molecule has 0 spiro atoms. The summed E-state index contributed by atoms with van der Waals surface area (Å²) in [7, 11) is 0. The van der Waals surface area contributed by atoms with Gasteiger partial charge in [-0.05, 0) is 97.1 Å². The van der Waals surface area contributed by atoms with Gasteiger partial charge in [-0.2, -0.15) is 0 Å². The molecule has 0 aromatic heterocycles. The molecular formula is C39H42. The van der Waals surface area contributed by atoms with Crippen molar-refractivity contribution in [3.8, 4) is 0 Å². The first-order chi connectivity index (χ1) is 18.7. The van der Waals surface area contributed by atoms with Gasteiger partial charge in [0.1, 0.15) is 0 Å². The smallest absolute Gasteiger partial charge is 0.0201 e. The average Bonchev–Trinajstić information content (AvgIpc) is 3.48. The van der Waals surface area contributed by atoms with Crippen LogP contribution >= 0.6 is 0 Å². The van der Waals surface area contributed by atoms with Crippen LogP contribution in [0, 0.1) is 19.8 Å². The second-order valence-corrected chi connectivity index (χ2v) is 11.8. The summed E-state index contributed by atoms with van der Waals surface area (Å²) in [6, 6.07) is 15.9. The van der Waals surface area contributed by atoms with Crippen LogP contribution in [-0.4, -0.2) is 0 Å². The molecule has 39 heavy (non-hydrogen) atoms. The van der Waals surface area contributed by atoms with Crippen molar-refractivity contribution in [1.82, 2.24) is 0 Å². The van der Waals surface area contributed by atoms with Crippen LogP contribution in [0.2, 0.25) is 0 Å². The van der Waals surface area contributed by atoms with Gasteiger partial charge in [0.25, 0.3) is 0 Å². The summed E-state index contributed by atoms with van der Waals surface area (Å²) < 4.78 is 0. The molecule has 1 fully saturated rings. The summed E-state index contributed by atoms with van der Waals surface area (Å²) in [5, 5.41) is 0. The summed E-state index contributed by atoms with van der Waals surface area (Å²) in [6.07, 6.45) is 13.5. The van der Waals surface area contributed by atoms with Gasteiger partial charge in [-0.25, -0.2) is 0 Å². The maximum absolute atomic E-state index is 4.73. The maximum atomic E-state index is 4.73. The van der Waals surface area contributed by atoms with Crippen molar-refractivity contribution in [2.24, 2.45) is 5.92 Å². The van der Waals surface area contributed by atoms with Crippen molar-refractivity contribution >= 4 is 11.1 Å². The highest BCUT2D eigenvalue weighted by atomic mass is 14.4. The zero-order valence-electron chi connectivity index (χ0n) is 24.5. The Kier molecular flexibility index (Phi) is 7.50. The molecule has 2 aromatic carbocycles. The van der Waals surface area contributed by atoms with Gasteiger partial charge in [0.15, 0.2) is 0 Å². The van der Waals surface area contributed by atoms with Crippen LogP contribution in [0.4, 0.5) is 0 Å². The zero-order valence-corrected chi connectivity index (χ0v) is 24.5. The van der Waals surface area contributed by atoms with E-state index in [2.05, 4.69) is 115 Å². The van der Waals surface area contributed by atoms with E-state index < -0.39 is 0 Å². The lowest BCUT2D eigenvalue weighted by Gasteiger charge is -2.34. The van der Waals surface area contributed by atoms with Gasteiger partial charge in [-0.15, -0.1) is 0 Å². The highest BCUT2D eigenvalue weighted by Gasteiger charge is 2.40. The van der Waals surface area contributed by atoms with E-state index >= 15 is 0 Å². The monoisotopic (exact) mass is 510 g/mol. The van der Waals surface area contributed by atoms with Crippen molar-refractivity contribution in [3.05, 3.63) is 153 Å². The molecule has 0 bridgehead atoms. The fraction of sp³-hybridized carbons (Fsp3) is 0.282. The molecule has 0 radical (unpaired) electrons. The second kappa shape index (κ2) is 10.9. The molecule has 3 aliphatic carbocycles. The largest absolute Gasteiger partial charge is 0.0955 e. The third-order valence-corrected chi connectivity index (χ3v) is 8.66. The molecule has 0 N–H and O–H groups in total. The fourth-order valence-corrected chi connectivity index (χ4v) is 6.75. The number of aryl methyl sites for hydroxylation is 2. The van der Waals surface area contributed by atoms with Gasteiger partial charge in [0.2, 0.25) is 0 Å². The topological polar surface area (TPSA) is 0 Å². The highest BCUT2D eigenvalue weighted by Crippen LogP contribution is 2.55. The van der Waals surface area contributed by atoms with E-state index in [0.717, 1.165) is 31.3 Å². The van der Waals surface area contributed by atoms with E-state index in [9.17, 15) is 0 Å². The van der Waals surface area contributed by atoms with Crippen molar-refractivity contribution in [3.63, 3.8) is 0 Å². The van der Waals surface area contributed by atoms with E-state index in [0.29, 0.717) is 5.92 Å². The van der Waals surface area contributed by atoms with Crippen LogP contribution < -0.4 is 0 Å². The Bertz CT molecular complexity index is 1520. The molecule has 5 rings (SSSR count). The van der Waals surface area contributed by atoms with E-state index in [-0.39, 0.29) is 5.92 Å². The molecule has 3 aliphatic rings. The van der Waals surface area contributed by atoms with Crippen LogP contribution in [0.5, 0.6) is 0 Å². The second-order valence-electron chi connectivity index (χ2n) is 11.8. The summed E-state index contributed by atoms with van der Waals surface area (Å²) in [5.74, 6) is 0.577. The van der Waals surface area contributed by atoms with E-state index in [1.54, 1.807) is 0 Å². The number of hydrogen-bond donors (Lipinski definition) is 0. The minimum atomic E-state index is 0.278. The van der Waals surface area contributed by atoms with Crippen molar-refractivity contribution in [2.45, 2.75) is 66.2 Å². The van der Waals surface area contributed by atoms with Gasteiger partial charge in [-0.3, -0.25) is 0 Å². The highest BCUT2D eigenvalue weighted by molar-refractivity contribution is 5.82. The summed E-state index contributed by atoms with van der Waals surface area (Å²) in [4.78, 5) is 0. The van der Waals surface area contributed by atoms with Gasteiger partial charge in [0, 0.05) is 11.8 Å². The number of hydrogen-bond acceptors (Lipinski definition) is 0. The molecular weight excluding hydrogens is 468 g/mol. The van der Waals surface area contributed by atoms with Crippen LogP contribution in [0.1, 0.15) is 80.2 Å². The molecule has 1 saturated carbocycles. The van der Waals surface area contributed by atoms with Crippen LogP contribution in [0.25, 0.3) is 11.1 Å². The summed E-state index contributed by atoms with van der Waals surface area (Å²) in [6.45, 7) is 24.5. The molecule has 0 heteroatoms. The van der Waals surface area contributed by atoms with Crippen molar-refractivity contribution < 1.29 is 0 Å². The molecule has 0 amide bonds. The molecule has 2 unspecified atom stereocenters. The number of fused-ring (bicyclic) bond motifs is 1. The lowest BCUT2D eigenvalue weighted by Crippen LogP contribution is -2.21. The molecule has 198 valence electrons. The average molecular weight is 511 g/mol. The van der Waals surface area contributed by atoms with E-state index in [1.807, 2.05) is 0 Å². The molecule has 0 heterocycles. The third-order valence-electron chi connectivity index (χ3n) is 8.66. The van der Waals surface area contributed by atoms with Crippen molar-refractivity contribution in [2.75, 3.05) is 0 Å². The Morgan fingerprint density at radius 3 is 2.33 bits per heavy atom. The van der Waals surface area contributed by atoms with E-state index in [1.165, 1.54) is 72.4 Å².